The summed E-state index contributed by atoms with van der Waals surface area (Å²) in [4.78, 5) is 27.8. The third-order valence-corrected chi connectivity index (χ3v) is 7.16. The zero-order valence-electron chi connectivity index (χ0n) is 21.0. The lowest BCUT2D eigenvalue weighted by Gasteiger charge is -2.31. The smallest absolute Gasteiger partial charge is 0.242 e. The number of benzene rings is 2. The van der Waals surface area contributed by atoms with Gasteiger partial charge in [-0.3, -0.25) is 13.9 Å². The second kappa shape index (κ2) is 14.2. The van der Waals surface area contributed by atoms with Gasteiger partial charge in [0, 0.05) is 31.1 Å². The van der Waals surface area contributed by atoms with E-state index in [0.717, 1.165) is 19.1 Å². The van der Waals surface area contributed by atoms with Crippen LogP contribution in [0, 0.1) is 5.82 Å². The van der Waals surface area contributed by atoms with Gasteiger partial charge >= 0.3 is 0 Å². The minimum atomic E-state index is -3.60. The van der Waals surface area contributed by atoms with Crippen LogP contribution in [0.1, 0.15) is 51.5 Å². The van der Waals surface area contributed by atoms with Crippen molar-refractivity contribution in [2.75, 3.05) is 23.7 Å². The fourth-order valence-corrected chi connectivity index (χ4v) is 4.99. The van der Waals surface area contributed by atoms with Crippen LogP contribution >= 0.6 is 11.6 Å². The number of nitrogens with one attached hydrogen (secondary N) is 1. The van der Waals surface area contributed by atoms with Crippen LogP contribution in [0.15, 0.2) is 48.5 Å². The lowest BCUT2D eigenvalue weighted by Crippen LogP contribution is -2.49. The van der Waals surface area contributed by atoms with Gasteiger partial charge in [0.1, 0.15) is 11.9 Å². The van der Waals surface area contributed by atoms with Gasteiger partial charge in [0.15, 0.2) is 0 Å². The summed E-state index contributed by atoms with van der Waals surface area (Å²) in [6.45, 7) is 4.60. The van der Waals surface area contributed by atoms with Crippen LogP contribution in [0.2, 0.25) is 5.02 Å². The average molecular weight is 540 g/mol. The molecule has 0 aliphatic rings. The molecule has 198 valence electrons. The zero-order chi connectivity index (χ0) is 26.7. The van der Waals surface area contributed by atoms with E-state index in [1.165, 1.54) is 21.3 Å². The molecule has 1 atom stereocenters. The van der Waals surface area contributed by atoms with Crippen LogP contribution in [0.25, 0.3) is 0 Å². The second-order valence-corrected chi connectivity index (χ2v) is 11.0. The molecule has 0 unspecified atom stereocenters. The van der Waals surface area contributed by atoms with Crippen molar-refractivity contribution >= 4 is 39.1 Å². The second-order valence-electron chi connectivity index (χ2n) is 8.64. The Kier molecular flexibility index (Phi) is 11.7. The number of nitrogens with zero attached hydrogens (tertiary/aromatic N) is 2. The van der Waals surface area contributed by atoms with Crippen molar-refractivity contribution in [1.82, 2.24) is 10.2 Å². The number of carbonyl (C=O) groups excluding carboxylic acids is 2. The largest absolute Gasteiger partial charge is 0.354 e. The van der Waals surface area contributed by atoms with E-state index in [-0.39, 0.29) is 43.6 Å². The Morgan fingerprint density at radius 2 is 1.78 bits per heavy atom. The minimum absolute atomic E-state index is 0.0342. The minimum Gasteiger partial charge on any atom is -0.354 e. The topological polar surface area (TPSA) is 86.8 Å². The van der Waals surface area contributed by atoms with E-state index < -0.39 is 16.1 Å². The van der Waals surface area contributed by atoms with Gasteiger partial charge in [-0.1, -0.05) is 50.1 Å². The molecule has 0 bridgehead atoms. The van der Waals surface area contributed by atoms with Gasteiger partial charge in [0.05, 0.1) is 11.9 Å². The predicted octanol–water partition coefficient (Wildman–Crippen LogP) is 4.75. The van der Waals surface area contributed by atoms with Crippen LogP contribution < -0.4 is 9.62 Å². The first-order valence-electron chi connectivity index (χ1n) is 12.1. The summed E-state index contributed by atoms with van der Waals surface area (Å²) in [5, 5.41) is 3.30. The van der Waals surface area contributed by atoms with Crippen molar-refractivity contribution in [2.45, 2.75) is 58.5 Å². The number of carbonyl (C=O) groups is 2. The third-order valence-electron chi connectivity index (χ3n) is 5.73. The van der Waals surface area contributed by atoms with Crippen LogP contribution in [0.5, 0.6) is 0 Å². The van der Waals surface area contributed by atoms with Crippen molar-refractivity contribution in [3.8, 4) is 0 Å². The molecule has 0 spiro atoms. The molecule has 2 aromatic rings. The predicted molar refractivity (Wildman–Crippen MR) is 142 cm³/mol. The number of sulfonamides is 1. The average Bonchev–Trinajstić information content (AvgIpc) is 2.82. The molecular weight excluding hydrogens is 505 g/mol. The molecule has 0 saturated heterocycles. The number of rotatable bonds is 14. The van der Waals surface area contributed by atoms with Gasteiger partial charge in [-0.2, -0.15) is 0 Å². The number of halogens is 2. The van der Waals surface area contributed by atoms with Crippen molar-refractivity contribution in [3.05, 3.63) is 64.9 Å². The monoisotopic (exact) mass is 539 g/mol. The molecular formula is C26H35ClFN3O4S. The molecule has 0 fully saturated rings. The van der Waals surface area contributed by atoms with E-state index in [0.29, 0.717) is 29.2 Å². The SMILES string of the molecule is CCCCNC(=O)[C@@H](CC)N(Cc1ccc(F)cc1)C(=O)CCCN(c1cccc(Cl)c1)S(C)(=O)=O. The summed E-state index contributed by atoms with van der Waals surface area (Å²) in [6.07, 6.45) is 3.55. The lowest BCUT2D eigenvalue weighted by molar-refractivity contribution is -0.141. The van der Waals surface area contributed by atoms with E-state index in [2.05, 4.69) is 5.32 Å². The van der Waals surface area contributed by atoms with Crippen molar-refractivity contribution in [2.24, 2.45) is 0 Å². The molecule has 0 saturated carbocycles. The van der Waals surface area contributed by atoms with Gasteiger partial charge in [-0.05, 0) is 55.2 Å². The Balaban J connectivity index is 2.19. The Morgan fingerprint density at radius 3 is 2.36 bits per heavy atom. The highest BCUT2D eigenvalue weighted by Gasteiger charge is 2.28. The van der Waals surface area contributed by atoms with Crippen LogP contribution in [-0.4, -0.2) is 50.5 Å². The number of amides is 2. The molecule has 10 heteroatoms. The number of hydrogen-bond acceptors (Lipinski definition) is 4. The fourth-order valence-electron chi connectivity index (χ4n) is 3.85. The van der Waals surface area contributed by atoms with Crippen molar-refractivity contribution in [3.63, 3.8) is 0 Å². The fraction of sp³-hybridized carbons (Fsp3) is 0.462. The molecule has 0 heterocycles. The molecule has 2 amide bonds. The number of unbranched alkanes of at least 4 members (excludes halogenated alkanes) is 1. The quantitative estimate of drug-likeness (QED) is 0.351. The zero-order valence-corrected chi connectivity index (χ0v) is 22.6. The van der Waals surface area contributed by atoms with Crippen LogP contribution in [-0.2, 0) is 26.2 Å². The molecule has 2 aromatic carbocycles. The normalized spacial score (nSPS) is 12.1. The first kappa shape index (κ1) is 29.6. The summed E-state index contributed by atoms with van der Waals surface area (Å²) in [6, 6.07) is 11.6. The van der Waals surface area contributed by atoms with E-state index in [1.807, 2.05) is 13.8 Å². The Hall–Kier alpha value is -2.65. The highest BCUT2D eigenvalue weighted by molar-refractivity contribution is 7.92. The first-order valence-corrected chi connectivity index (χ1v) is 14.3. The van der Waals surface area contributed by atoms with Crippen molar-refractivity contribution in [1.29, 1.82) is 0 Å². The maximum atomic E-state index is 13.4. The van der Waals surface area contributed by atoms with E-state index in [9.17, 15) is 22.4 Å². The van der Waals surface area contributed by atoms with E-state index >= 15 is 0 Å². The Labute approximate surface area is 218 Å². The summed E-state index contributed by atoms with van der Waals surface area (Å²) in [5.41, 5.74) is 1.11. The third kappa shape index (κ3) is 9.09. The first-order chi connectivity index (χ1) is 17.1. The molecule has 36 heavy (non-hydrogen) atoms. The summed E-state index contributed by atoms with van der Waals surface area (Å²) >= 11 is 6.03. The molecule has 1 N–H and O–H groups in total. The molecule has 0 aliphatic carbocycles. The number of anilines is 1. The maximum absolute atomic E-state index is 13.4. The standard InChI is InChI=1S/C26H35ClFN3O4S/c1-4-6-16-29-26(33)24(5-2)30(19-20-12-14-22(28)15-13-20)25(32)11-8-17-31(36(3,34)35)23-10-7-9-21(27)18-23/h7,9-10,12-15,18,24H,4-6,8,11,16-17,19H2,1-3H3,(H,29,33)/t24-/m1/s1. The lowest BCUT2D eigenvalue weighted by atomic mass is 10.1. The van der Waals surface area contributed by atoms with Gasteiger partial charge in [-0.25, -0.2) is 12.8 Å². The van der Waals surface area contributed by atoms with Gasteiger partial charge in [-0.15, -0.1) is 0 Å². The highest BCUT2D eigenvalue weighted by atomic mass is 35.5. The van der Waals surface area contributed by atoms with Crippen LogP contribution in [0.4, 0.5) is 10.1 Å². The summed E-state index contributed by atoms with van der Waals surface area (Å²) in [7, 11) is -3.60. The molecule has 0 aromatic heterocycles. The molecule has 0 aliphatic heterocycles. The van der Waals surface area contributed by atoms with E-state index in [1.54, 1.807) is 36.4 Å². The Morgan fingerprint density at radius 1 is 1.08 bits per heavy atom. The van der Waals surface area contributed by atoms with Crippen molar-refractivity contribution < 1.29 is 22.4 Å². The van der Waals surface area contributed by atoms with Crippen LogP contribution in [0.3, 0.4) is 0 Å². The Bertz CT molecular complexity index is 1110. The molecule has 2 rings (SSSR count). The maximum Gasteiger partial charge on any atom is 0.242 e. The van der Waals surface area contributed by atoms with Gasteiger partial charge in [0.2, 0.25) is 21.8 Å². The summed E-state index contributed by atoms with van der Waals surface area (Å²) in [5.74, 6) is -0.905. The molecule has 0 radical (unpaired) electrons. The van der Waals surface area contributed by atoms with E-state index in [4.69, 9.17) is 11.6 Å². The highest BCUT2D eigenvalue weighted by Crippen LogP contribution is 2.23. The number of hydrogen-bond donors (Lipinski definition) is 1. The molecule has 7 nitrogen and oxygen atoms in total. The summed E-state index contributed by atoms with van der Waals surface area (Å²) < 4.78 is 39.4. The van der Waals surface area contributed by atoms with Gasteiger partial charge in [0.25, 0.3) is 0 Å². The van der Waals surface area contributed by atoms with Gasteiger partial charge < -0.3 is 10.2 Å².